The van der Waals surface area contributed by atoms with Crippen LogP contribution in [0.4, 0.5) is 0 Å². The monoisotopic (exact) mass is 655 g/mol. The molecular formula is C46H29N3S. The standard InChI is InChI=1S/C46H29N3S/c1-4-14-30(15-5-1)33-26-34(40-29-39(31-16-6-2-7-17-31)47-46(48-40)32-18-8-3-9-19-32)28-35(27-33)49-41-22-12-10-20-36(41)37-24-25-43-44(45(37)49)38-21-11-13-23-42(38)50-43/h1-29H. The number of thiophene rings is 1. The summed E-state index contributed by atoms with van der Waals surface area (Å²) < 4.78 is 5.06. The van der Waals surface area contributed by atoms with Crippen molar-refractivity contribution >= 4 is 53.3 Å². The predicted molar refractivity (Wildman–Crippen MR) is 211 cm³/mol. The molecule has 0 fully saturated rings. The average Bonchev–Trinajstić information content (AvgIpc) is 3.74. The van der Waals surface area contributed by atoms with Gasteiger partial charge in [0.1, 0.15) is 0 Å². The van der Waals surface area contributed by atoms with Gasteiger partial charge >= 0.3 is 0 Å². The first kappa shape index (κ1) is 28.6. The van der Waals surface area contributed by atoms with Gasteiger partial charge in [-0.05, 0) is 53.6 Å². The largest absolute Gasteiger partial charge is 0.309 e. The van der Waals surface area contributed by atoms with Gasteiger partial charge in [0.25, 0.3) is 0 Å². The SMILES string of the molecule is c1ccc(-c2cc(-c3cc(-c4ccccc4)nc(-c4ccccc4)n3)cc(-n3c4ccccc4c4ccc5sc6ccccc6c5c43)c2)cc1. The van der Waals surface area contributed by atoms with E-state index in [1.54, 1.807) is 0 Å². The lowest BCUT2D eigenvalue weighted by atomic mass is 9.99. The lowest BCUT2D eigenvalue weighted by Gasteiger charge is -2.15. The Balaban J connectivity index is 1.30. The second kappa shape index (κ2) is 11.7. The van der Waals surface area contributed by atoms with Crippen LogP contribution in [-0.4, -0.2) is 14.5 Å². The second-order valence-corrected chi connectivity index (χ2v) is 13.7. The third kappa shape index (κ3) is 4.73. The molecule has 3 aromatic heterocycles. The van der Waals surface area contributed by atoms with Gasteiger partial charge < -0.3 is 4.57 Å². The van der Waals surface area contributed by atoms with Crippen LogP contribution in [-0.2, 0) is 0 Å². The highest BCUT2D eigenvalue weighted by atomic mass is 32.1. The van der Waals surface area contributed by atoms with E-state index in [-0.39, 0.29) is 0 Å². The Morgan fingerprint density at radius 1 is 0.400 bits per heavy atom. The van der Waals surface area contributed by atoms with Gasteiger partial charge in [-0.2, -0.15) is 0 Å². The summed E-state index contributed by atoms with van der Waals surface area (Å²) in [6, 6.07) is 62.5. The fraction of sp³-hybridized carbons (Fsp3) is 0. The molecule has 234 valence electrons. The first-order valence-electron chi connectivity index (χ1n) is 16.8. The van der Waals surface area contributed by atoms with Crippen molar-refractivity contribution in [2.24, 2.45) is 0 Å². The van der Waals surface area contributed by atoms with Crippen molar-refractivity contribution in [2.45, 2.75) is 0 Å². The molecule has 0 bridgehead atoms. The number of benzene rings is 7. The smallest absolute Gasteiger partial charge is 0.160 e. The molecular weight excluding hydrogens is 627 g/mol. The van der Waals surface area contributed by atoms with Gasteiger partial charge in [0.05, 0.1) is 22.4 Å². The predicted octanol–water partition coefficient (Wildman–Crippen LogP) is 12.6. The topological polar surface area (TPSA) is 30.7 Å². The molecule has 0 aliphatic heterocycles. The van der Waals surface area contributed by atoms with Crippen molar-refractivity contribution in [1.29, 1.82) is 0 Å². The van der Waals surface area contributed by atoms with Crippen LogP contribution < -0.4 is 0 Å². The van der Waals surface area contributed by atoms with E-state index in [0.717, 1.165) is 44.9 Å². The maximum Gasteiger partial charge on any atom is 0.160 e. The minimum Gasteiger partial charge on any atom is -0.309 e. The quantitative estimate of drug-likeness (QED) is 0.185. The van der Waals surface area contributed by atoms with Crippen LogP contribution in [0.25, 0.3) is 92.7 Å². The Morgan fingerprint density at radius 2 is 1.00 bits per heavy atom. The van der Waals surface area contributed by atoms with Crippen molar-refractivity contribution < 1.29 is 0 Å². The zero-order chi connectivity index (χ0) is 33.0. The highest BCUT2D eigenvalue weighted by Crippen LogP contribution is 2.44. The molecule has 10 aromatic rings. The third-order valence-corrected chi connectivity index (χ3v) is 10.7. The first-order chi connectivity index (χ1) is 24.8. The molecule has 0 unspecified atom stereocenters. The van der Waals surface area contributed by atoms with Gasteiger partial charge in [-0.3, -0.25) is 0 Å². The molecule has 0 amide bonds. The summed E-state index contributed by atoms with van der Waals surface area (Å²) in [6.07, 6.45) is 0. The van der Waals surface area contributed by atoms with E-state index in [1.807, 2.05) is 35.6 Å². The minimum absolute atomic E-state index is 0.705. The molecule has 0 atom stereocenters. The number of nitrogens with zero attached hydrogens (tertiary/aromatic N) is 3. The molecule has 50 heavy (non-hydrogen) atoms. The highest BCUT2D eigenvalue weighted by Gasteiger charge is 2.20. The normalized spacial score (nSPS) is 11.6. The van der Waals surface area contributed by atoms with E-state index >= 15 is 0 Å². The molecule has 3 nitrogen and oxygen atoms in total. The fourth-order valence-electron chi connectivity index (χ4n) is 7.29. The zero-order valence-electron chi connectivity index (χ0n) is 27.0. The fourth-order valence-corrected chi connectivity index (χ4v) is 8.40. The van der Waals surface area contributed by atoms with Crippen LogP contribution in [0.15, 0.2) is 176 Å². The number of fused-ring (bicyclic) bond motifs is 7. The maximum absolute atomic E-state index is 5.25. The van der Waals surface area contributed by atoms with E-state index < -0.39 is 0 Å². The van der Waals surface area contributed by atoms with Crippen molar-refractivity contribution in [2.75, 3.05) is 0 Å². The van der Waals surface area contributed by atoms with E-state index in [4.69, 9.17) is 9.97 Å². The number of hydrogen-bond donors (Lipinski definition) is 0. The van der Waals surface area contributed by atoms with Gasteiger partial charge in [0, 0.05) is 53.3 Å². The Morgan fingerprint density at radius 3 is 1.76 bits per heavy atom. The van der Waals surface area contributed by atoms with E-state index in [2.05, 4.69) is 156 Å². The van der Waals surface area contributed by atoms with Crippen molar-refractivity contribution in [3.8, 4) is 50.7 Å². The Hall–Kier alpha value is -6.36. The molecule has 0 radical (unpaired) electrons. The van der Waals surface area contributed by atoms with Crippen molar-refractivity contribution in [1.82, 2.24) is 14.5 Å². The molecule has 0 saturated carbocycles. The van der Waals surface area contributed by atoms with Crippen LogP contribution in [0, 0.1) is 0 Å². The molecule has 0 aliphatic rings. The Labute approximate surface area is 293 Å². The zero-order valence-corrected chi connectivity index (χ0v) is 27.8. The summed E-state index contributed by atoms with van der Waals surface area (Å²) in [6.45, 7) is 0. The van der Waals surface area contributed by atoms with Gasteiger partial charge in [-0.15, -0.1) is 11.3 Å². The van der Waals surface area contributed by atoms with E-state index in [9.17, 15) is 0 Å². The van der Waals surface area contributed by atoms with Crippen molar-refractivity contribution in [3.05, 3.63) is 176 Å². The molecule has 0 spiro atoms. The number of para-hydroxylation sites is 1. The Kier molecular flexibility index (Phi) is 6.68. The Bertz CT molecular complexity index is 2800. The second-order valence-electron chi connectivity index (χ2n) is 12.6. The van der Waals surface area contributed by atoms with Gasteiger partial charge in [0.15, 0.2) is 5.82 Å². The number of hydrogen-bond acceptors (Lipinski definition) is 3. The molecule has 0 N–H and O–H groups in total. The van der Waals surface area contributed by atoms with Crippen molar-refractivity contribution in [3.63, 3.8) is 0 Å². The molecule has 4 heteroatoms. The van der Waals surface area contributed by atoms with Gasteiger partial charge in [0.2, 0.25) is 0 Å². The van der Waals surface area contributed by atoms with Crippen LogP contribution in [0.2, 0.25) is 0 Å². The highest BCUT2D eigenvalue weighted by molar-refractivity contribution is 7.26. The van der Waals surface area contributed by atoms with Crippen LogP contribution in [0.3, 0.4) is 0 Å². The van der Waals surface area contributed by atoms with Crippen LogP contribution in [0.5, 0.6) is 0 Å². The summed E-state index contributed by atoms with van der Waals surface area (Å²) in [4.78, 5) is 10.3. The first-order valence-corrected chi connectivity index (χ1v) is 17.6. The molecule has 10 rings (SSSR count). The molecule has 3 heterocycles. The summed E-state index contributed by atoms with van der Waals surface area (Å²) in [5.74, 6) is 0.705. The van der Waals surface area contributed by atoms with Gasteiger partial charge in [-0.1, -0.05) is 133 Å². The summed E-state index contributed by atoms with van der Waals surface area (Å²) in [5, 5.41) is 5.08. The van der Waals surface area contributed by atoms with E-state index in [0.29, 0.717) is 5.82 Å². The summed E-state index contributed by atoms with van der Waals surface area (Å²) in [5.41, 5.74) is 10.6. The lowest BCUT2D eigenvalue weighted by molar-refractivity contribution is 1.17. The maximum atomic E-state index is 5.25. The number of aromatic nitrogens is 3. The third-order valence-electron chi connectivity index (χ3n) is 9.58. The molecule has 0 aliphatic carbocycles. The molecule has 7 aromatic carbocycles. The minimum atomic E-state index is 0.705. The lowest BCUT2D eigenvalue weighted by Crippen LogP contribution is -1.99. The average molecular weight is 656 g/mol. The van der Waals surface area contributed by atoms with E-state index in [1.165, 1.54) is 42.0 Å². The van der Waals surface area contributed by atoms with Gasteiger partial charge in [-0.25, -0.2) is 9.97 Å². The number of rotatable bonds is 5. The van der Waals surface area contributed by atoms with Crippen LogP contribution in [0.1, 0.15) is 0 Å². The summed E-state index contributed by atoms with van der Waals surface area (Å²) >= 11 is 1.86. The summed E-state index contributed by atoms with van der Waals surface area (Å²) in [7, 11) is 0. The van der Waals surface area contributed by atoms with Crippen LogP contribution >= 0.6 is 11.3 Å². The molecule has 0 saturated heterocycles.